The lowest BCUT2D eigenvalue weighted by molar-refractivity contribution is -0.119. The van der Waals surface area contributed by atoms with E-state index in [0.29, 0.717) is 6.42 Å². The number of Topliss-reactive ketones (excluding diaryl/α,β-unsaturated/α-hetero) is 1. The Kier molecular flexibility index (Phi) is 2.19. The molecule has 3 nitrogen and oxygen atoms in total. The van der Waals surface area contributed by atoms with Gasteiger partial charge in [-0.25, -0.2) is 0 Å². The van der Waals surface area contributed by atoms with Crippen LogP contribution in [0.3, 0.4) is 0 Å². The van der Waals surface area contributed by atoms with E-state index in [9.17, 15) is 4.79 Å². The monoisotopic (exact) mass is 127 g/mol. The van der Waals surface area contributed by atoms with E-state index >= 15 is 0 Å². The van der Waals surface area contributed by atoms with Crippen molar-refractivity contribution in [2.75, 3.05) is 6.54 Å². The van der Waals surface area contributed by atoms with Crippen molar-refractivity contribution < 1.29 is 4.79 Å². The maximum absolute atomic E-state index is 10.8. The van der Waals surface area contributed by atoms with Crippen molar-refractivity contribution in [3.8, 4) is 0 Å². The summed E-state index contributed by atoms with van der Waals surface area (Å²) in [5, 5.41) is 2.96. The molecule has 9 heavy (non-hydrogen) atoms. The Morgan fingerprint density at radius 3 is 3.33 bits per heavy atom. The lowest BCUT2D eigenvalue weighted by atomic mass is 10.1. The zero-order valence-corrected chi connectivity index (χ0v) is 5.26. The van der Waals surface area contributed by atoms with E-state index in [0.717, 1.165) is 13.0 Å². The third-order valence-electron chi connectivity index (χ3n) is 1.41. The van der Waals surface area contributed by atoms with E-state index < -0.39 is 0 Å². The van der Waals surface area contributed by atoms with Gasteiger partial charge < -0.3 is 11.1 Å². The summed E-state index contributed by atoms with van der Waals surface area (Å²) in [6.07, 6.45) is 1.52. The summed E-state index contributed by atoms with van der Waals surface area (Å²) in [6.45, 7) is 2.54. The van der Waals surface area contributed by atoms with Crippen LogP contribution in [0, 0.1) is 6.54 Å². The minimum Gasteiger partial charge on any atom is -0.320 e. The van der Waals surface area contributed by atoms with Crippen LogP contribution in [0.4, 0.5) is 0 Å². The molecule has 0 spiro atoms. The van der Waals surface area contributed by atoms with Gasteiger partial charge >= 0.3 is 0 Å². The summed E-state index contributed by atoms with van der Waals surface area (Å²) in [7, 11) is 0. The van der Waals surface area contributed by atoms with Gasteiger partial charge in [0.2, 0.25) is 0 Å². The molecule has 0 bridgehead atoms. The summed E-state index contributed by atoms with van der Waals surface area (Å²) >= 11 is 0. The first-order valence-electron chi connectivity index (χ1n) is 3.16. The molecule has 1 aliphatic heterocycles. The fourth-order valence-corrected chi connectivity index (χ4v) is 0.835. The minimum atomic E-state index is -0.382. The number of nitrogens with one attached hydrogen (secondary N) is 1. The molecule has 1 rings (SSSR count). The number of carbonyl (C=O) groups excluding carboxylic acids is 1. The Balaban J connectivity index is 2.41. The molecule has 1 radical (unpaired) electrons. The third kappa shape index (κ3) is 1.77. The summed E-state index contributed by atoms with van der Waals surface area (Å²) < 4.78 is 0. The highest BCUT2D eigenvalue weighted by Crippen LogP contribution is 1.99. The van der Waals surface area contributed by atoms with Crippen molar-refractivity contribution in [3.63, 3.8) is 0 Å². The zero-order valence-electron chi connectivity index (χ0n) is 5.26. The van der Waals surface area contributed by atoms with E-state index in [1.165, 1.54) is 0 Å². The lowest BCUT2D eigenvalue weighted by Crippen LogP contribution is -2.33. The Bertz CT molecular complexity index is 114. The van der Waals surface area contributed by atoms with Crippen LogP contribution in [-0.2, 0) is 4.79 Å². The molecular weight excluding hydrogens is 116 g/mol. The third-order valence-corrected chi connectivity index (χ3v) is 1.41. The van der Waals surface area contributed by atoms with Gasteiger partial charge in [-0.05, 0) is 13.0 Å². The van der Waals surface area contributed by atoms with E-state index in [1.807, 2.05) is 0 Å². The Hall–Kier alpha value is -0.410. The molecule has 3 heteroatoms. The summed E-state index contributed by atoms with van der Waals surface area (Å²) in [5.41, 5.74) is 5.41. The van der Waals surface area contributed by atoms with Crippen molar-refractivity contribution in [2.45, 2.75) is 18.9 Å². The highest BCUT2D eigenvalue weighted by Gasteiger charge is 2.15. The molecule has 0 saturated carbocycles. The second-order valence-corrected chi connectivity index (χ2v) is 2.22. The average molecular weight is 127 g/mol. The summed E-state index contributed by atoms with van der Waals surface area (Å²) in [6, 6.07) is -0.382. The number of carbonyl (C=O) groups is 1. The smallest absolute Gasteiger partial charge is 0.151 e. The largest absolute Gasteiger partial charge is 0.320 e. The number of rotatable bonds is 0. The molecule has 1 aliphatic rings. The first kappa shape index (κ1) is 6.71. The van der Waals surface area contributed by atoms with E-state index in [2.05, 4.69) is 5.32 Å². The molecule has 1 unspecified atom stereocenters. The van der Waals surface area contributed by atoms with Crippen LogP contribution in [0.25, 0.3) is 0 Å². The zero-order chi connectivity index (χ0) is 6.69. The predicted molar refractivity (Wildman–Crippen MR) is 34.5 cm³/mol. The number of ketones is 1. The average Bonchev–Trinajstić information content (AvgIpc) is 1.99. The number of hydrogen-bond donors (Lipinski definition) is 2. The predicted octanol–water partition coefficient (Wildman–Crippen LogP) is -0.572. The van der Waals surface area contributed by atoms with Gasteiger partial charge in [0.25, 0.3) is 0 Å². The second kappa shape index (κ2) is 2.94. The summed E-state index contributed by atoms with van der Waals surface area (Å²) in [4.78, 5) is 10.8. The van der Waals surface area contributed by atoms with Gasteiger partial charge in [0.05, 0.1) is 6.04 Å². The Labute approximate surface area is 54.6 Å². The maximum Gasteiger partial charge on any atom is 0.151 e. The molecule has 0 amide bonds. The molecular formula is C6H11N2O. The van der Waals surface area contributed by atoms with Crippen LogP contribution in [0.2, 0.25) is 0 Å². The van der Waals surface area contributed by atoms with Crippen molar-refractivity contribution in [3.05, 3.63) is 6.54 Å². The van der Waals surface area contributed by atoms with Gasteiger partial charge in [-0.2, -0.15) is 0 Å². The van der Waals surface area contributed by atoms with Crippen molar-refractivity contribution in [1.29, 1.82) is 0 Å². The first-order valence-corrected chi connectivity index (χ1v) is 3.16. The molecule has 0 aromatic heterocycles. The van der Waals surface area contributed by atoms with Crippen LogP contribution in [0.15, 0.2) is 0 Å². The standard InChI is InChI=1S/C6H11N2O/c7-5-4-8-3-1-2-6(5)9/h4-5,8H,1-3,7H2. The first-order chi connectivity index (χ1) is 4.30. The molecule has 1 heterocycles. The van der Waals surface area contributed by atoms with Crippen LogP contribution in [0.1, 0.15) is 12.8 Å². The topological polar surface area (TPSA) is 55.1 Å². The van der Waals surface area contributed by atoms with Gasteiger partial charge in [-0.3, -0.25) is 4.79 Å². The van der Waals surface area contributed by atoms with Crippen molar-refractivity contribution >= 4 is 5.78 Å². The molecule has 1 atom stereocenters. The fraction of sp³-hybridized carbons (Fsp3) is 0.667. The minimum absolute atomic E-state index is 0.139. The molecule has 0 aliphatic carbocycles. The van der Waals surface area contributed by atoms with E-state index in [1.54, 1.807) is 6.54 Å². The fourth-order valence-electron chi connectivity index (χ4n) is 0.835. The Morgan fingerprint density at radius 1 is 1.78 bits per heavy atom. The van der Waals surface area contributed by atoms with Crippen LogP contribution < -0.4 is 11.1 Å². The highest BCUT2D eigenvalue weighted by molar-refractivity contribution is 5.85. The van der Waals surface area contributed by atoms with Crippen LogP contribution in [-0.4, -0.2) is 18.4 Å². The highest BCUT2D eigenvalue weighted by atomic mass is 16.1. The molecule has 1 fully saturated rings. The number of nitrogens with two attached hydrogens (primary N) is 1. The normalized spacial score (nSPS) is 29.9. The van der Waals surface area contributed by atoms with Crippen LogP contribution in [0.5, 0.6) is 0 Å². The number of hydrogen-bond acceptors (Lipinski definition) is 3. The maximum atomic E-state index is 10.8. The SMILES string of the molecule is NC1[CH]NCCCC1=O. The Morgan fingerprint density at radius 2 is 2.56 bits per heavy atom. The van der Waals surface area contributed by atoms with E-state index in [4.69, 9.17) is 5.73 Å². The summed E-state index contributed by atoms with van der Waals surface area (Å²) in [5.74, 6) is 0.139. The molecule has 51 valence electrons. The second-order valence-electron chi connectivity index (χ2n) is 2.22. The van der Waals surface area contributed by atoms with Crippen molar-refractivity contribution in [2.24, 2.45) is 5.73 Å². The van der Waals surface area contributed by atoms with Crippen LogP contribution >= 0.6 is 0 Å². The van der Waals surface area contributed by atoms with E-state index in [-0.39, 0.29) is 11.8 Å². The quantitative estimate of drug-likeness (QED) is 0.458. The lowest BCUT2D eigenvalue weighted by Gasteiger charge is -2.02. The molecule has 1 saturated heterocycles. The van der Waals surface area contributed by atoms with Gasteiger partial charge in [0.1, 0.15) is 0 Å². The molecule has 3 N–H and O–H groups in total. The van der Waals surface area contributed by atoms with Gasteiger partial charge in [-0.15, -0.1) is 0 Å². The van der Waals surface area contributed by atoms with Gasteiger partial charge in [0, 0.05) is 13.0 Å². The van der Waals surface area contributed by atoms with Gasteiger partial charge in [-0.1, -0.05) is 0 Å². The van der Waals surface area contributed by atoms with Crippen molar-refractivity contribution in [1.82, 2.24) is 5.32 Å². The molecule has 0 aromatic rings. The molecule has 0 aromatic carbocycles. The van der Waals surface area contributed by atoms with Gasteiger partial charge in [0.15, 0.2) is 5.78 Å².